The van der Waals surface area contributed by atoms with Gasteiger partial charge in [0.1, 0.15) is 0 Å². The maximum atomic E-state index is 13.6. The zero-order valence-corrected chi connectivity index (χ0v) is 88.9. The van der Waals surface area contributed by atoms with Gasteiger partial charge in [0.15, 0.2) is 75.4 Å². The van der Waals surface area contributed by atoms with E-state index < -0.39 is 23.3 Å². The zero-order valence-electron chi connectivity index (χ0n) is 88.9. The second-order valence-corrected chi connectivity index (χ2v) is 48.3. The van der Waals surface area contributed by atoms with E-state index in [2.05, 4.69) is 143 Å². The molecule has 8 fully saturated rings. The van der Waals surface area contributed by atoms with Gasteiger partial charge in [0.2, 0.25) is 0 Å². The topological polar surface area (TPSA) is 224 Å². The molecule has 8 saturated heterocycles. The minimum Gasteiger partial charge on any atom is -0.378 e. The summed E-state index contributed by atoms with van der Waals surface area (Å²) in [7, 11) is 9.99. The van der Waals surface area contributed by atoms with Gasteiger partial charge >= 0.3 is 0 Å². The molecule has 8 atom stereocenters. The Bertz CT molecular complexity index is 3440. The van der Waals surface area contributed by atoms with Crippen molar-refractivity contribution in [2.45, 2.75) is 370 Å². The molecule has 23 heteroatoms. The van der Waals surface area contributed by atoms with E-state index in [9.17, 15) is 60.7 Å². The lowest BCUT2D eigenvalue weighted by Gasteiger charge is -2.21. The highest BCUT2D eigenvalue weighted by Crippen LogP contribution is 2.31. The van der Waals surface area contributed by atoms with Gasteiger partial charge in [-0.25, -0.2) is 17.6 Å². The zero-order chi connectivity index (χ0) is 102. The van der Waals surface area contributed by atoms with Crippen LogP contribution in [0.25, 0.3) is 0 Å². The number of likely N-dealkylation sites (tertiary alicyclic amines) is 5. The summed E-state index contributed by atoms with van der Waals surface area (Å²) < 4.78 is 65.1. The molecule has 758 valence electrons. The lowest BCUT2D eigenvalue weighted by atomic mass is 9.89. The molecule has 19 nitrogen and oxygen atoms in total. The smallest absolute Gasteiger partial charge is 0.191 e. The number of ether oxygens (including phenoxy) is 2. The summed E-state index contributed by atoms with van der Waals surface area (Å²) in [5.74, 6) is -2.72. The first-order valence-electron chi connectivity index (χ1n) is 48.9. The molecule has 8 aliphatic heterocycles. The van der Waals surface area contributed by atoms with E-state index in [1.54, 1.807) is 24.3 Å². The summed E-state index contributed by atoms with van der Waals surface area (Å²) in [6, 6.07) is 1.71. The molecule has 8 heterocycles. The van der Waals surface area contributed by atoms with Gasteiger partial charge in [-0.15, -0.1) is 0 Å². The predicted octanol–water partition coefficient (Wildman–Crippen LogP) is 21.9. The van der Waals surface area contributed by atoms with Crippen LogP contribution in [0.15, 0.2) is 109 Å². The number of carbonyl (C=O) groups excluding carboxylic acids is 9. The van der Waals surface area contributed by atoms with Crippen molar-refractivity contribution < 1.29 is 70.2 Å². The largest absolute Gasteiger partial charge is 0.378 e. The molecule has 0 amide bonds. The monoisotopic (exact) mass is 1860 g/mol. The third-order valence-corrected chi connectivity index (χ3v) is 21.9. The number of ketones is 9. The van der Waals surface area contributed by atoms with Gasteiger partial charge in [-0.05, 0) is 255 Å². The fraction of sp³-hybridized carbons (Fsp3) is 0.752. The Balaban J connectivity index is 0.00000147. The molecule has 0 radical (unpaired) electrons. The minimum absolute atomic E-state index is 0.0674. The molecular formula is C109H188F4N8O11. The number of morpholine rings is 2. The highest BCUT2D eigenvalue weighted by Gasteiger charge is 2.31. The van der Waals surface area contributed by atoms with Gasteiger partial charge in [-0.2, -0.15) is 0 Å². The Morgan fingerprint density at radius 1 is 0.288 bits per heavy atom. The first-order valence-corrected chi connectivity index (χ1v) is 48.9. The summed E-state index contributed by atoms with van der Waals surface area (Å²) in [6.07, 6.45) is 39.2. The lowest BCUT2D eigenvalue weighted by molar-refractivity contribution is -0.119. The number of allylic oxidation sites excluding steroid dienone is 9. The Labute approximate surface area is 800 Å². The Morgan fingerprint density at radius 3 is 0.682 bits per heavy atom. The van der Waals surface area contributed by atoms with E-state index in [0.29, 0.717) is 57.4 Å². The van der Waals surface area contributed by atoms with Gasteiger partial charge in [-0.3, -0.25) is 67.7 Å². The number of carbonyl (C=O) groups is 9. The summed E-state index contributed by atoms with van der Waals surface area (Å²) in [5, 5.41) is 9.88. The fourth-order valence-corrected chi connectivity index (χ4v) is 15.2. The van der Waals surface area contributed by atoms with Crippen LogP contribution in [0.4, 0.5) is 17.6 Å². The lowest BCUT2D eigenvalue weighted by Crippen LogP contribution is -2.39. The maximum Gasteiger partial charge on any atom is 0.191 e. The summed E-state index contributed by atoms with van der Waals surface area (Å²) in [6.45, 7) is 68.6. The Kier molecular flexibility index (Phi) is 58.6. The van der Waals surface area contributed by atoms with E-state index >= 15 is 0 Å². The van der Waals surface area contributed by atoms with Gasteiger partial charge in [-0.1, -0.05) is 218 Å². The van der Waals surface area contributed by atoms with Crippen molar-refractivity contribution in [3.05, 3.63) is 109 Å². The molecule has 3 N–H and O–H groups in total. The SMILES string of the molecule is C=CC(=O)CC(C)(C)C.CC(C)(C)CC(=O)/C=C/C1COCCN1.CC(C)(C)CC(=O)/C=C/[C@H]1CCCN1.CC(C)(C)CC(=O)/C=C\C1COCCN1.CN1CCCC1/C=C(/F)C(=O)CC(C)(C)C.CN1CCC[C@@H]1/C=C(\F)C(=O)CC(C)(C)C.CN1CCC[C@@H]1/C=C/C(=O)CC(C)(C)C.CN1CCC[C@H]1/C=C(/F)C(=O)CC(C)(C)C.CN1CCC[C@H]1/C=C(\F)C(=O)CC(C)(C)C. The molecule has 0 aromatic heterocycles. The molecule has 0 spiro atoms. The first-order chi connectivity index (χ1) is 60.4. The van der Waals surface area contributed by atoms with Gasteiger partial charge in [0.25, 0.3) is 0 Å². The van der Waals surface area contributed by atoms with E-state index in [1.807, 2.05) is 150 Å². The number of Topliss-reactive ketones (excluding diaryl/α,β-unsaturated/α-hetero) is 4. The van der Waals surface area contributed by atoms with Gasteiger partial charge in [0, 0.05) is 119 Å². The van der Waals surface area contributed by atoms with Crippen LogP contribution < -0.4 is 16.0 Å². The van der Waals surface area contributed by atoms with Crippen LogP contribution in [0.5, 0.6) is 0 Å². The molecule has 0 aromatic rings. The highest BCUT2D eigenvalue weighted by molar-refractivity contribution is 5.96. The maximum absolute atomic E-state index is 13.6. The second kappa shape index (κ2) is 61.4. The van der Waals surface area contributed by atoms with Crippen LogP contribution in [0, 0.1) is 48.7 Å². The third-order valence-electron chi connectivity index (χ3n) is 21.9. The third kappa shape index (κ3) is 68.1. The summed E-state index contributed by atoms with van der Waals surface area (Å²) in [5.41, 5.74) is -0.157. The number of hydrogen-bond donors (Lipinski definition) is 3. The van der Waals surface area contributed by atoms with Crippen molar-refractivity contribution in [2.24, 2.45) is 48.7 Å². The minimum atomic E-state index is -0.561. The van der Waals surface area contributed by atoms with Crippen molar-refractivity contribution in [1.82, 2.24) is 40.4 Å². The van der Waals surface area contributed by atoms with Crippen molar-refractivity contribution in [3.63, 3.8) is 0 Å². The average molecular weight is 1860 g/mol. The van der Waals surface area contributed by atoms with Crippen molar-refractivity contribution in [3.8, 4) is 0 Å². The number of likely N-dealkylation sites (N-methyl/N-ethyl adjacent to an activating group) is 5. The average Bonchev–Trinajstić information content (AvgIpc) is 1.76. The quantitative estimate of drug-likeness (QED) is 0.0541. The van der Waals surface area contributed by atoms with Crippen LogP contribution in [0.3, 0.4) is 0 Å². The van der Waals surface area contributed by atoms with Crippen molar-refractivity contribution in [2.75, 3.05) is 114 Å². The standard InChI is InChI=1S/4C13H22FNO.C13H23NO.2C12H21NO2.C12H21NO.C8H14O/c4*1-13(2,3)9-12(16)11(14)8-10-6-5-7-15(10)4;1-13(2,3)10-12(15)8-7-11-6-5-9-14(11)4;2*1-12(2,3)8-11(14)5-4-10-9-15-7-6-13-10;1-12(2,3)9-11(14)7-6-10-5-4-8-13-10;1-5-7(9)6-8(2,3)4/h4*8,10H,5-7,9H2,1-4H3;7-8,11H,5-6,9-10H2,1-4H3;2*4-5,10,13H,6-9H2,1-3H3;6-7,10,13H,4-5,8-9H2,1-3H3;5H,1,6H2,2-4H3/b2*11-8+;2*11-8-;8-7+;5-4+;5-4-;7-6+;/t10-;;2*10-;11-;;;10-;/m0.101..1./s1. The number of halogens is 4. The van der Waals surface area contributed by atoms with Crippen molar-refractivity contribution in [1.29, 1.82) is 0 Å². The molecule has 0 aromatic carbocycles. The molecule has 3 unspecified atom stereocenters. The van der Waals surface area contributed by atoms with Crippen molar-refractivity contribution >= 4 is 52.0 Å². The van der Waals surface area contributed by atoms with E-state index in [1.165, 1.54) is 56.1 Å². The van der Waals surface area contributed by atoms with Crippen LogP contribution in [-0.2, 0) is 52.6 Å². The summed E-state index contributed by atoms with van der Waals surface area (Å²) in [4.78, 5) is 114. The molecular weight excluding hydrogens is 1670 g/mol. The highest BCUT2D eigenvalue weighted by atomic mass is 19.1. The Hall–Kier alpha value is -5.99. The number of rotatable bonds is 26. The molecule has 0 aliphatic carbocycles. The molecule has 0 saturated carbocycles. The first kappa shape index (κ1) is 126. The molecule has 8 aliphatic rings. The predicted molar refractivity (Wildman–Crippen MR) is 540 cm³/mol. The Morgan fingerprint density at radius 2 is 0.500 bits per heavy atom. The molecule has 8 rings (SSSR count). The van der Waals surface area contributed by atoms with Gasteiger partial charge < -0.3 is 25.4 Å². The molecule has 132 heavy (non-hydrogen) atoms. The van der Waals surface area contributed by atoms with Crippen LogP contribution in [-0.4, -0.2) is 239 Å². The number of nitrogens with zero attached hydrogens (tertiary/aromatic N) is 5. The van der Waals surface area contributed by atoms with Gasteiger partial charge in [0.05, 0.1) is 26.4 Å². The number of nitrogens with one attached hydrogen (secondary N) is 3. The van der Waals surface area contributed by atoms with E-state index in [-0.39, 0.29) is 163 Å². The van der Waals surface area contributed by atoms with Crippen LogP contribution in [0.1, 0.15) is 322 Å². The normalized spacial score (nSPS) is 22.8. The van der Waals surface area contributed by atoms with Crippen LogP contribution in [0.2, 0.25) is 0 Å². The second-order valence-electron chi connectivity index (χ2n) is 48.3. The molecule has 0 bridgehead atoms. The summed E-state index contributed by atoms with van der Waals surface area (Å²) >= 11 is 0. The van der Waals surface area contributed by atoms with E-state index in [4.69, 9.17) is 9.47 Å². The fourth-order valence-electron chi connectivity index (χ4n) is 15.2. The number of hydrogen-bond acceptors (Lipinski definition) is 19. The van der Waals surface area contributed by atoms with Crippen LogP contribution >= 0.6 is 0 Å². The van der Waals surface area contributed by atoms with E-state index in [0.717, 1.165) is 117 Å².